The summed E-state index contributed by atoms with van der Waals surface area (Å²) in [5.74, 6) is 1.70. The number of carbonyl (C=O) groups is 1. The van der Waals surface area contributed by atoms with Gasteiger partial charge in [-0.1, -0.05) is 13.8 Å². The summed E-state index contributed by atoms with van der Waals surface area (Å²) in [7, 11) is 0. The fourth-order valence-electron chi connectivity index (χ4n) is 2.36. The summed E-state index contributed by atoms with van der Waals surface area (Å²) < 4.78 is 0.336. The molecule has 2 aliphatic heterocycles. The minimum atomic E-state index is 0.242. The maximum atomic E-state index is 12.2. The topological polar surface area (TPSA) is 32.3 Å². The van der Waals surface area contributed by atoms with Gasteiger partial charge in [-0.25, -0.2) is 0 Å². The predicted molar refractivity (Wildman–Crippen MR) is 68.7 cm³/mol. The molecule has 2 saturated heterocycles. The molecule has 1 unspecified atom stereocenters. The predicted octanol–water partition coefficient (Wildman–Crippen LogP) is 1.34. The van der Waals surface area contributed by atoms with Crippen LogP contribution in [-0.4, -0.2) is 47.5 Å². The molecule has 0 spiro atoms. The van der Waals surface area contributed by atoms with Crippen LogP contribution in [0.1, 0.15) is 26.7 Å². The third kappa shape index (κ3) is 2.92. The first-order valence-electron chi connectivity index (χ1n) is 6.22. The molecule has 2 aliphatic rings. The van der Waals surface area contributed by atoms with Crippen molar-refractivity contribution in [2.75, 3.05) is 31.9 Å². The molecule has 0 aromatic carbocycles. The van der Waals surface area contributed by atoms with E-state index >= 15 is 0 Å². The number of nitrogens with zero attached hydrogens (tertiary/aromatic N) is 1. The molecule has 4 heteroatoms. The number of rotatable bonds is 1. The van der Waals surface area contributed by atoms with E-state index in [1.54, 1.807) is 0 Å². The number of hydrogen-bond acceptors (Lipinski definition) is 3. The summed E-state index contributed by atoms with van der Waals surface area (Å²) >= 11 is 2.00. The molecule has 0 aromatic heterocycles. The van der Waals surface area contributed by atoms with Crippen molar-refractivity contribution in [3.8, 4) is 0 Å². The van der Waals surface area contributed by atoms with Gasteiger partial charge in [-0.05, 0) is 19.4 Å². The van der Waals surface area contributed by atoms with Crippen molar-refractivity contribution < 1.29 is 4.79 Å². The summed E-state index contributed by atoms with van der Waals surface area (Å²) in [5, 5.41) is 3.27. The fraction of sp³-hybridized carbons (Fsp3) is 0.917. The Balaban J connectivity index is 1.91. The standard InChI is InChI=1S/C12H22N2OS/c1-12(2)4-6-14(7-8-16-12)11(15)10-3-5-13-9-10/h10,13H,3-9H2,1-2H3. The third-order valence-electron chi connectivity index (χ3n) is 3.56. The first kappa shape index (κ1) is 12.2. The van der Waals surface area contributed by atoms with E-state index < -0.39 is 0 Å². The van der Waals surface area contributed by atoms with Crippen LogP contribution in [-0.2, 0) is 4.79 Å². The maximum Gasteiger partial charge on any atom is 0.227 e. The molecule has 0 aliphatic carbocycles. The van der Waals surface area contributed by atoms with Crippen LogP contribution in [0.2, 0.25) is 0 Å². The molecule has 0 aromatic rings. The van der Waals surface area contributed by atoms with E-state index in [1.165, 1.54) is 0 Å². The average Bonchev–Trinajstić information content (AvgIpc) is 2.69. The molecule has 2 heterocycles. The second kappa shape index (κ2) is 4.96. The minimum Gasteiger partial charge on any atom is -0.342 e. The van der Waals surface area contributed by atoms with Crippen molar-refractivity contribution in [1.29, 1.82) is 0 Å². The Bertz CT molecular complexity index is 262. The Morgan fingerprint density at radius 1 is 1.44 bits per heavy atom. The highest BCUT2D eigenvalue weighted by molar-refractivity contribution is 8.00. The summed E-state index contributed by atoms with van der Waals surface area (Å²) in [6.45, 7) is 8.32. The Morgan fingerprint density at radius 3 is 2.94 bits per heavy atom. The van der Waals surface area contributed by atoms with Gasteiger partial charge in [0, 0.05) is 30.1 Å². The highest BCUT2D eigenvalue weighted by Crippen LogP contribution is 2.31. The molecular weight excluding hydrogens is 220 g/mol. The molecule has 2 fully saturated rings. The summed E-state index contributed by atoms with van der Waals surface area (Å²) in [6.07, 6.45) is 2.13. The molecular formula is C12H22N2OS. The molecule has 0 radical (unpaired) electrons. The van der Waals surface area contributed by atoms with E-state index in [2.05, 4.69) is 24.1 Å². The zero-order chi connectivity index (χ0) is 11.6. The average molecular weight is 242 g/mol. The second-order valence-corrected chi connectivity index (χ2v) is 7.18. The van der Waals surface area contributed by atoms with Crippen LogP contribution in [0, 0.1) is 5.92 Å². The molecule has 0 saturated carbocycles. The number of nitrogens with one attached hydrogen (secondary N) is 1. The van der Waals surface area contributed by atoms with Gasteiger partial charge in [0.05, 0.1) is 5.92 Å². The van der Waals surface area contributed by atoms with Crippen molar-refractivity contribution in [2.45, 2.75) is 31.4 Å². The van der Waals surface area contributed by atoms with Gasteiger partial charge in [-0.3, -0.25) is 4.79 Å². The van der Waals surface area contributed by atoms with E-state index in [-0.39, 0.29) is 5.92 Å². The molecule has 2 rings (SSSR count). The zero-order valence-electron chi connectivity index (χ0n) is 10.3. The summed E-state index contributed by atoms with van der Waals surface area (Å²) in [5.41, 5.74) is 0. The first-order chi connectivity index (χ1) is 7.58. The highest BCUT2D eigenvalue weighted by Gasteiger charge is 2.30. The van der Waals surface area contributed by atoms with E-state index in [4.69, 9.17) is 0 Å². The Labute approximate surface area is 102 Å². The number of carbonyl (C=O) groups excluding carboxylic acids is 1. The minimum absolute atomic E-state index is 0.242. The van der Waals surface area contributed by atoms with Crippen LogP contribution < -0.4 is 5.32 Å². The van der Waals surface area contributed by atoms with Gasteiger partial charge in [0.1, 0.15) is 0 Å². The normalized spacial score (nSPS) is 30.1. The lowest BCUT2D eigenvalue weighted by molar-refractivity contribution is -0.134. The van der Waals surface area contributed by atoms with Crippen LogP contribution in [0.25, 0.3) is 0 Å². The lowest BCUT2D eigenvalue weighted by Gasteiger charge is -2.24. The van der Waals surface area contributed by atoms with Crippen molar-refractivity contribution >= 4 is 17.7 Å². The van der Waals surface area contributed by atoms with Crippen LogP contribution in [0.5, 0.6) is 0 Å². The number of thioether (sulfide) groups is 1. The zero-order valence-corrected chi connectivity index (χ0v) is 11.1. The van der Waals surface area contributed by atoms with Crippen LogP contribution in [0.15, 0.2) is 0 Å². The Hall–Kier alpha value is -0.220. The Morgan fingerprint density at radius 2 is 2.25 bits per heavy atom. The summed E-state index contributed by atoms with van der Waals surface area (Å²) in [6, 6.07) is 0. The molecule has 1 atom stereocenters. The number of amides is 1. The fourth-order valence-corrected chi connectivity index (χ4v) is 3.46. The van der Waals surface area contributed by atoms with Crippen molar-refractivity contribution in [3.63, 3.8) is 0 Å². The van der Waals surface area contributed by atoms with E-state index in [0.717, 1.165) is 44.8 Å². The van der Waals surface area contributed by atoms with Crippen molar-refractivity contribution in [3.05, 3.63) is 0 Å². The van der Waals surface area contributed by atoms with E-state index in [9.17, 15) is 4.79 Å². The molecule has 16 heavy (non-hydrogen) atoms. The largest absolute Gasteiger partial charge is 0.342 e. The van der Waals surface area contributed by atoms with Crippen LogP contribution in [0.4, 0.5) is 0 Å². The van der Waals surface area contributed by atoms with Crippen molar-refractivity contribution in [1.82, 2.24) is 10.2 Å². The van der Waals surface area contributed by atoms with Gasteiger partial charge in [-0.15, -0.1) is 0 Å². The smallest absolute Gasteiger partial charge is 0.227 e. The van der Waals surface area contributed by atoms with Gasteiger partial charge in [0.2, 0.25) is 5.91 Å². The second-order valence-electron chi connectivity index (χ2n) is 5.37. The first-order valence-corrected chi connectivity index (χ1v) is 7.20. The van der Waals surface area contributed by atoms with E-state index in [1.807, 2.05) is 11.8 Å². The van der Waals surface area contributed by atoms with Crippen LogP contribution in [0.3, 0.4) is 0 Å². The van der Waals surface area contributed by atoms with E-state index in [0.29, 0.717) is 10.7 Å². The number of hydrogen-bond donors (Lipinski definition) is 1. The van der Waals surface area contributed by atoms with Gasteiger partial charge in [0.25, 0.3) is 0 Å². The lowest BCUT2D eigenvalue weighted by Crippen LogP contribution is -2.38. The van der Waals surface area contributed by atoms with Gasteiger partial charge < -0.3 is 10.2 Å². The molecule has 0 bridgehead atoms. The Kier molecular flexibility index (Phi) is 3.80. The molecule has 1 amide bonds. The lowest BCUT2D eigenvalue weighted by atomic mass is 10.1. The third-order valence-corrected chi connectivity index (χ3v) is 4.93. The molecule has 92 valence electrons. The SMILES string of the molecule is CC1(C)CCN(C(=O)C2CCNC2)CCS1. The maximum absolute atomic E-state index is 12.2. The van der Waals surface area contributed by atoms with Gasteiger partial charge in [0.15, 0.2) is 0 Å². The van der Waals surface area contributed by atoms with Gasteiger partial charge >= 0.3 is 0 Å². The van der Waals surface area contributed by atoms with Crippen LogP contribution >= 0.6 is 11.8 Å². The molecule has 3 nitrogen and oxygen atoms in total. The van der Waals surface area contributed by atoms with Gasteiger partial charge in [-0.2, -0.15) is 11.8 Å². The summed E-state index contributed by atoms with van der Waals surface area (Å²) in [4.78, 5) is 14.3. The monoisotopic (exact) mass is 242 g/mol. The molecule has 1 N–H and O–H groups in total. The van der Waals surface area contributed by atoms with Crippen molar-refractivity contribution in [2.24, 2.45) is 5.92 Å². The quantitative estimate of drug-likeness (QED) is 0.753. The highest BCUT2D eigenvalue weighted by atomic mass is 32.2.